The Morgan fingerprint density at radius 1 is 1.20 bits per heavy atom. The average molecular weight is 280 g/mol. The Hall–Kier alpha value is -1.26. The third-order valence-electron chi connectivity index (χ3n) is 5.43. The molecule has 2 bridgehead atoms. The topological polar surface area (TPSA) is 60.9 Å². The second-order valence-corrected chi connectivity index (χ2v) is 6.39. The van der Waals surface area contributed by atoms with Gasteiger partial charge in [-0.3, -0.25) is 4.79 Å². The molecule has 3 aliphatic rings. The van der Waals surface area contributed by atoms with E-state index in [4.69, 9.17) is 0 Å². The summed E-state index contributed by atoms with van der Waals surface area (Å²) in [4.78, 5) is 28.0. The first kappa shape index (κ1) is 13.7. The first-order chi connectivity index (χ1) is 9.63. The third-order valence-corrected chi connectivity index (χ3v) is 5.43. The quantitative estimate of drug-likeness (QED) is 0.863. The van der Waals surface area contributed by atoms with Crippen LogP contribution in [0.4, 0.5) is 4.79 Å². The molecule has 0 aromatic carbocycles. The maximum absolute atomic E-state index is 12.9. The molecular weight excluding hydrogens is 256 g/mol. The fourth-order valence-electron chi connectivity index (χ4n) is 4.47. The van der Waals surface area contributed by atoms with Crippen molar-refractivity contribution >= 4 is 12.0 Å². The van der Waals surface area contributed by atoms with E-state index < -0.39 is 5.97 Å². The lowest BCUT2D eigenvalue weighted by atomic mass is 9.89. The molecule has 2 heterocycles. The molecule has 0 radical (unpaired) electrons. The Labute approximate surface area is 119 Å². The maximum Gasteiger partial charge on any atom is 0.320 e. The molecule has 5 nitrogen and oxygen atoms in total. The van der Waals surface area contributed by atoms with Gasteiger partial charge in [0, 0.05) is 24.7 Å². The van der Waals surface area contributed by atoms with E-state index in [-0.39, 0.29) is 24.0 Å². The fraction of sp³-hybridized carbons (Fsp3) is 0.867. The molecule has 1 N–H and O–H groups in total. The molecule has 0 aromatic rings. The highest BCUT2D eigenvalue weighted by molar-refractivity contribution is 5.79. The van der Waals surface area contributed by atoms with Crippen molar-refractivity contribution in [2.45, 2.75) is 70.0 Å². The van der Waals surface area contributed by atoms with Gasteiger partial charge < -0.3 is 14.9 Å². The van der Waals surface area contributed by atoms with Gasteiger partial charge in [0.2, 0.25) is 0 Å². The number of hydrogen-bond acceptors (Lipinski definition) is 2. The Bertz CT molecular complexity index is 406. The van der Waals surface area contributed by atoms with Crippen LogP contribution in [0.3, 0.4) is 0 Å². The Morgan fingerprint density at radius 3 is 2.45 bits per heavy atom. The number of fused-ring (bicyclic) bond motifs is 2. The van der Waals surface area contributed by atoms with E-state index in [0.717, 1.165) is 32.2 Å². The summed E-state index contributed by atoms with van der Waals surface area (Å²) in [5, 5.41) is 9.29. The molecule has 112 valence electrons. The first-order valence-corrected chi connectivity index (χ1v) is 7.95. The predicted octanol–water partition coefficient (Wildman–Crippen LogP) is 2.31. The van der Waals surface area contributed by atoms with E-state index in [0.29, 0.717) is 12.5 Å². The van der Waals surface area contributed by atoms with E-state index in [1.165, 1.54) is 12.8 Å². The third kappa shape index (κ3) is 2.07. The summed E-state index contributed by atoms with van der Waals surface area (Å²) >= 11 is 0. The molecule has 3 fully saturated rings. The van der Waals surface area contributed by atoms with Crippen molar-refractivity contribution in [3.63, 3.8) is 0 Å². The summed E-state index contributed by atoms with van der Waals surface area (Å²) in [5.41, 5.74) is 0. The highest BCUT2D eigenvalue weighted by Gasteiger charge is 2.52. The largest absolute Gasteiger partial charge is 0.481 e. The van der Waals surface area contributed by atoms with Gasteiger partial charge >= 0.3 is 12.0 Å². The number of aliphatic carboxylic acids is 1. The average Bonchev–Trinajstić information content (AvgIpc) is 3.14. The molecule has 20 heavy (non-hydrogen) atoms. The second-order valence-electron chi connectivity index (χ2n) is 6.39. The number of rotatable bonds is 3. The van der Waals surface area contributed by atoms with E-state index in [1.807, 2.05) is 16.7 Å². The van der Waals surface area contributed by atoms with Crippen LogP contribution in [-0.2, 0) is 4.79 Å². The van der Waals surface area contributed by atoms with Gasteiger partial charge in [-0.05, 0) is 39.0 Å². The summed E-state index contributed by atoms with van der Waals surface area (Å²) in [5.74, 6) is -1.08. The van der Waals surface area contributed by atoms with Gasteiger partial charge in [0.15, 0.2) is 0 Å². The van der Waals surface area contributed by atoms with Crippen molar-refractivity contribution < 1.29 is 14.7 Å². The standard InChI is InChI=1S/C15H24N2O3/c1-2-16(10-5-3-4-6-10)15(20)17-11-7-8-13(17)12(9-11)14(18)19/h10-13H,2-9H2,1H3,(H,18,19). The van der Waals surface area contributed by atoms with Crippen LogP contribution in [0, 0.1) is 5.92 Å². The lowest BCUT2D eigenvalue weighted by Gasteiger charge is -2.34. The van der Waals surface area contributed by atoms with E-state index in [2.05, 4.69) is 0 Å². The van der Waals surface area contributed by atoms with Gasteiger partial charge in [-0.1, -0.05) is 12.8 Å². The van der Waals surface area contributed by atoms with Crippen LogP contribution in [0.25, 0.3) is 0 Å². The zero-order valence-electron chi connectivity index (χ0n) is 12.1. The zero-order valence-corrected chi connectivity index (χ0v) is 12.1. The molecular formula is C15H24N2O3. The van der Waals surface area contributed by atoms with Crippen molar-refractivity contribution in [3.05, 3.63) is 0 Å². The maximum atomic E-state index is 12.9. The molecule has 3 atom stereocenters. The van der Waals surface area contributed by atoms with Gasteiger partial charge in [-0.2, -0.15) is 0 Å². The molecule has 2 aliphatic heterocycles. The molecule has 0 aromatic heterocycles. The SMILES string of the molecule is CCN(C(=O)N1C2CCC1C(C(=O)O)C2)C1CCCC1. The Kier molecular flexibility index (Phi) is 3.61. The summed E-state index contributed by atoms with van der Waals surface area (Å²) in [7, 11) is 0. The van der Waals surface area contributed by atoms with Crippen molar-refractivity contribution in [2.24, 2.45) is 5.92 Å². The normalized spacial score (nSPS) is 32.9. The highest BCUT2D eigenvalue weighted by atomic mass is 16.4. The highest BCUT2D eigenvalue weighted by Crippen LogP contribution is 2.42. The number of carboxylic acids is 1. The number of carbonyl (C=O) groups excluding carboxylic acids is 1. The van der Waals surface area contributed by atoms with Gasteiger partial charge in [0.1, 0.15) is 0 Å². The molecule has 5 heteroatoms. The summed E-state index contributed by atoms with van der Waals surface area (Å²) in [6.45, 7) is 2.76. The smallest absolute Gasteiger partial charge is 0.320 e. The van der Waals surface area contributed by atoms with E-state index >= 15 is 0 Å². The minimum absolute atomic E-state index is 0.0690. The van der Waals surface area contributed by atoms with Crippen molar-refractivity contribution in [1.82, 2.24) is 9.80 Å². The Morgan fingerprint density at radius 2 is 1.90 bits per heavy atom. The summed E-state index contributed by atoms with van der Waals surface area (Å²) in [6, 6.07) is 0.552. The number of nitrogens with zero attached hydrogens (tertiary/aromatic N) is 2. The predicted molar refractivity (Wildman–Crippen MR) is 74.4 cm³/mol. The lowest BCUT2D eigenvalue weighted by Crippen LogP contribution is -2.49. The summed E-state index contributed by atoms with van der Waals surface area (Å²) < 4.78 is 0. The van der Waals surface area contributed by atoms with Gasteiger partial charge in [0.05, 0.1) is 5.92 Å². The molecule has 1 saturated carbocycles. The van der Waals surface area contributed by atoms with Crippen LogP contribution >= 0.6 is 0 Å². The second kappa shape index (κ2) is 5.26. The fourth-order valence-corrected chi connectivity index (χ4v) is 4.47. The van der Waals surface area contributed by atoms with Crippen LogP contribution in [0.2, 0.25) is 0 Å². The molecule has 3 unspecified atom stereocenters. The van der Waals surface area contributed by atoms with E-state index in [1.54, 1.807) is 0 Å². The van der Waals surface area contributed by atoms with Crippen molar-refractivity contribution in [1.29, 1.82) is 0 Å². The van der Waals surface area contributed by atoms with Crippen LogP contribution < -0.4 is 0 Å². The molecule has 1 aliphatic carbocycles. The van der Waals surface area contributed by atoms with Crippen LogP contribution in [-0.4, -0.2) is 51.6 Å². The van der Waals surface area contributed by atoms with Gasteiger partial charge in [0.25, 0.3) is 0 Å². The minimum atomic E-state index is -0.737. The first-order valence-electron chi connectivity index (χ1n) is 7.95. The summed E-state index contributed by atoms with van der Waals surface area (Å²) in [6.07, 6.45) is 7.10. The number of amides is 2. The van der Waals surface area contributed by atoms with E-state index in [9.17, 15) is 14.7 Å². The zero-order chi connectivity index (χ0) is 14.3. The molecule has 0 spiro atoms. The minimum Gasteiger partial charge on any atom is -0.481 e. The van der Waals surface area contributed by atoms with Crippen molar-refractivity contribution in [3.8, 4) is 0 Å². The monoisotopic (exact) mass is 280 g/mol. The number of carboxylic acid groups (broad SMARTS) is 1. The van der Waals surface area contributed by atoms with Gasteiger partial charge in [-0.15, -0.1) is 0 Å². The van der Waals surface area contributed by atoms with Crippen molar-refractivity contribution in [2.75, 3.05) is 6.54 Å². The molecule has 2 saturated heterocycles. The molecule has 2 amide bonds. The van der Waals surface area contributed by atoms with Crippen LogP contribution in [0.5, 0.6) is 0 Å². The van der Waals surface area contributed by atoms with Crippen LogP contribution in [0.15, 0.2) is 0 Å². The van der Waals surface area contributed by atoms with Crippen LogP contribution in [0.1, 0.15) is 51.9 Å². The number of urea groups is 1. The number of hydrogen-bond donors (Lipinski definition) is 1. The Balaban J connectivity index is 1.75. The number of carbonyl (C=O) groups is 2. The van der Waals surface area contributed by atoms with Gasteiger partial charge in [-0.25, -0.2) is 4.79 Å². The molecule has 3 rings (SSSR count). The lowest BCUT2D eigenvalue weighted by molar-refractivity contribution is -0.142.